The highest BCUT2D eigenvalue weighted by Crippen LogP contribution is 2.35. The van der Waals surface area contributed by atoms with Gasteiger partial charge in [0, 0.05) is 67.7 Å². The zero-order valence-corrected chi connectivity index (χ0v) is 59.2. The lowest BCUT2D eigenvalue weighted by Crippen LogP contribution is -2.64. The van der Waals surface area contributed by atoms with Crippen molar-refractivity contribution in [3.8, 4) is 0 Å². The molecule has 524 valence electrons. The van der Waals surface area contributed by atoms with Crippen LogP contribution in [0, 0.1) is 30.6 Å². The maximum Gasteiger partial charge on any atom is 0.417 e. The van der Waals surface area contributed by atoms with Gasteiger partial charge in [0.1, 0.15) is 53.9 Å². The van der Waals surface area contributed by atoms with Crippen LogP contribution in [-0.2, 0) is 71.8 Å². The molecule has 0 bridgehead atoms. The summed E-state index contributed by atoms with van der Waals surface area (Å²) >= 11 is 6.12. The molecule has 0 aliphatic carbocycles. The third-order valence-electron chi connectivity index (χ3n) is 18.5. The maximum atomic E-state index is 15.0. The third kappa shape index (κ3) is 20.6. The van der Waals surface area contributed by atoms with Gasteiger partial charge in [-0.25, -0.2) is 0 Å². The van der Waals surface area contributed by atoms with Gasteiger partial charge in [-0.05, 0) is 120 Å². The molecule has 2 saturated heterocycles. The molecule has 4 rings (SSSR count). The fourth-order valence-corrected chi connectivity index (χ4v) is 11.7. The molecule has 0 saturated carbocycles. The van der Waals surface area contributed by atoms with Gasteiger partial charge in [-0.15, -0.1) is 0 Å². The van der Waals surface area contributed by atoms with E-state index in [2.05, 4.69) is 21.3 Å². The molecule has 2 aliphatic heterocycles. The number of alkyl halides is 3. The summed E-state index contributed by atoms with van der Waals surface area (Å²) in [6.07, 6.45) is -4.47. The number of hydrogen-bond donors (Lipinski definition) is 4. The Bertz CT molecular complexity index is 3060. The predicted molar refractivity (Wildman–Crippen MR) is 352 cm³/mol. The number of nitrogens with one attached hydrogen (secondary N) is 4. The molecule has 4 N–H and O–H groups in total. The van der Waals surface area contributed by atoms with Crippen LogP contribution in [0.4, 0.5) is 13.2 Å². The average Bonchev–Trinajstić information content (AvgIpc) is 0.902. The number of likely N-dealkylation sites (N-methyl/N-ethyl adjacent to an activating group) is 6. The Morgan fingerprint density at radius 3 is 1.68 bits per heavy atom. The zero-order valence-electron chi connectivity index (χ0n) is 58.5. The summed E-state index contributed by atoms with van der Waals surface area (Å²) in [7, 11) is 8.50. The topological polar surface area (TPSA) is 259 Å². The van der Waals surface area contributed by atoms with Gasteiger partial charge in [-0.2, -0.15) is 13.2 Å². The normalized spacial score (nSPS) is 25.3. The van der Waals surface area contributed by atoms with Gasteiger partial charge in [0.15, 0.2) is 0 Å². The van der Waals surface area contributed by atoms with E-state index in [-0.39, 0.29) is 81.2 Å². The molecule has 0 unspecified atom stereocenters. The molecule has 2 heterocycles. The molecule has 0 radical (unpaired) electrons. The molecule has 22 nitrogen and oxygen atoms in total. The Hall–Kier alpha value is -7.31. The fraction of sp³-hybridized carbons (Fsp3) is 0.662. The minimum atomic E-state index is -4.77. The summed E-state index contributed by atoms with van der Waals surface area (Å²) in [5, 5.41) is 10.6. The number of halogens is 4. The number of fused-ring (bicyclic) bond motifs is 1. The smallest absolute Gasteiger partial charge is 0.343 e. The van der Waals surface area contributed by atoms with Crippen molar-refractivity contribution in [2.24, 2.45) is 23.7 Å². The van der Waals surface area contributed by atoms with Crippen LogP contribution in [0.2, 0.25) is 5.02 Å². The average molecular weight is 1340 g/mol. The van der Waals surface area contributed by atoms with E-state index in [1.807, 2.05) is 53.7 Å². The number of carbonyl (C=O) groups excluding carboxylic acids is 11. The van der Waals surface area contributed by atoms with Crippen LogP contribution < -0.4 is 21.3 Å². The van der Waals surface area contributed by atoms with Gasteiger partial charge >= 0.3 is 6.18 Å². The molecule has 0 aromatic heterocycles. The van der Waals surface area contributed by atoms with Crippen LogP contribution in [-0.4, -0.2) is 215 Å². The number of rotatable bonds is 13. The van der Waals surface area contributed by atoms with Crippen molar-refractivity contribution in [3.05, 3.63) is 69.7 Å². The van der Waals surface area contributed by atoms with Crippen LogP contribution in [0.1, 0.15) is 150 Å². The third-order valence-corrected chi connectivity index (χ3v) is 18.8. The number of nitrogens with zero attached hydrogens (tertiary/aromatic N) is 7. The Kier molecular flexibility index (Phi) is 28.5. The summed E-state index contributed by atoms with van der Waals surface area (Å²) in [4.78, 5) is 170. The maximum absolute atomic E-state index is 15.0. The summed E-state index contributed by atoms with van der Waals surface area (Å²) in [6.45, 7) is 22.2. The minimum absolute atomic E-state index is 0.0140. The van der Waals surface area contributed by atoms with Crippen molar-refractivity contribution >= 4 is 76.6 Å². The Labute approximate surface area is 558 Å². The highest BCUT2D eigenvalue weighted by molar-refractivity contribution is 6.31. The minimum Gasteiger partial charge on any atom is -0.343 e. The first-order valence-electron chi connectivity index (χ1n) is 32.6. The van der Waals surface area contributed by atoms with Crippen molar-refractivity contribution < 1.29 is 65.9 Å². The molecule has 2 aromatic rings. The highest BCUT2D eigenvalue weighted by Gasteiger charge is 2.46. The lowest BCUT2D eigenvalue weighted by molar-refractivity contribution is -0.158. The van der Waals surface area contributed by atoms with E-state index in [1.54, 1.807) is 39.8 Å². The number of aryl methyl sites for hydroxylation is 2. The van der Waals surface area contributed by atoms with Gasteiger partial charge in [-0.3, -0.25) is 52.7 Å². The molecular weight excluding hydrogens is 1240 g/mol. The van der Waals surface area contributed by atoms with Crippen molar-refractivity contribution in [1.29, 1.82) is 0 Å². The van der Waals surface area contributed by atoms with Crippen molar-refractivity contribution in [2.75, 3.05) is 55.4 Å². The molecule has 2 fully saturated rings. The van der Waals surface area contributed by atoms with E-state index in [4.69, 9.17) is 11.6 Å². The van der Waals surface area contributed by atoms with Crippen LogP contribution >= 0.6 is 11.6 Å². The van der Waals surface area contributed by atoms with Crippen molar-refractivity contribution in [2.45, 2.75) is 214 Å². The molecule has 10 atom stereocenters. The largest absolute Gasteiger partial charge is 0.417 e. The number of hydrogen-bond acceptors (Lipinski definition) is 11. The molecular formula is C68H103ClF3N11O11. The van der Waals surface area contributed by atoms with Gasteiger partial charge in [0.05, 0.1) is 17.1 Å². The summed E-state index contributed by atoms with van der Waals surface area (Å²) in [5.74, 6) is -8.37. The lowest BCUT2D eigenvalue weighted by Gasteiger charge is -2.44. The summed E-state index contributed by atoms with van der Waals surface area (Å²) < 4.78 is 41.4. The van der Waals surface area contributed by atoms with Crippen molar-refractivity contribution in [3.63, 3.8) is 0 Å². The fourth-order valence-electron chi connectivity index (χ4n) is 11.3. The van der Waals surface area contributed by atoms with E-state index in [0.29, 0.717) is 12.0 Å². The Morgan fingerprint density at radius 1 is 0.606 bits per heavy atom. The number of carbonyl (C=O) groups is 11. The Balaban J connectivity index is 1.87. The molecule has 26 heteroatoms. The summed E-state index contributed by atoms with van der Waals surface area (Å²) in [5.41, 5.74) is -0.966. The second-order valence-corrected chi connectivity index (χ2v) is 28.0. The highest BCUT2D eigenvalue weighted by atomic mass is 35.5. The molecule has 2 aromatic carbocycles. The first-order valence-corrected chi connectivity index (χ1v) is 32.9. The second kappa shape index (κ2) is 33.9. The lowest BCUT2D eigenvalue weighted by atomic mass is 9.95. The van der Waals surface area contributed by atoms with Crippen LogP contribution in [0.3, 0.4) is 0 Å². The molecule has 94 heavy (non-hydrogen) atoms. The molecule has 2 aliphatic rings. The van der Waals surface area contributed by atoms with Crippen LogP contribution in [0.5, 0.6) is 0 Å². The number of amides is 11. The van der Waals surface area contributed by atoms with E-state index in [0.717, 1.165) is 27.5 Å². The summed E-state index contributed by atoms with van der Waals surface area (Å²) in [6, 6.07) is -0.440. The van der Waals surface area contributed by atoms with Crippen LogP contribution in [0.15, 0.2) is 42.5 Å². The van der Waals surface area contributed by atoms with Gasteiger partial charge in [-0.1, -0.05) is 109 Å². The first kappa shape index (κ1) is 79.1. The first-order chi connectivity index (χ1) is 43.5. The van der Waals surface area contributed by atoms with E-state index in [1.165, 1.54) is 93.6 Å². The standard InChI is InChI=1S/C68H103ClF3N11O11/c1-20-42(9)57-65(93)77(14)37-56(85)83-30-29-52(83)63(91)81(18)54(36-46-23-21-41(8)22-24-46)64(92)79(16)44(11)58(86)73-49(28-26-45-25-27-47(48(69)35-45)68(70,71)72)59(87)74-51(32-39(4)5)62(90)82(19)67(12,13)66(94)75-50(31-38(2)3)61(89)78(15)43(10)34-55(84)80(17)53(33-40(6)7)60(88)76-57/h21-25,27,35,38-40,42-44,49-54,57H,20,26,28-34,36-37H2,1-19H3,(H,73,86)(H,74,87)(H,75,94)(H,76,88)/t42-,43+,44+,49-,50-,51-,52-,53-,54-,57-/m0/s1. The monoisotopic (exact) mass is 1340 g/mol. The predicted octanol–water partition coefficient (Wildman–Crippen LogP) is 6.01. The number of benzene rings is 2. The van der Waals surface area contributed by atoms with Gasteiger partial charge in [0.25, 0.3) is 0 Å². The van der Waals surface area contributed by atoms with E-state index in [9.17, 15) is 61.1 Å². The molecule has 11 amide bonds. The van der Waals surface area contributed by atoms with E-state index >= 15 is 4.79 Å². The SMILES string of the molecule is CC[C@H](C)[C@@H]1NC(=O)[C@H](CC(C)C)N(C)C(=O)C[C@@H](C)N(C)C(=O)[C@H](CC(C)C)NC(=O)C(C)(C)N(C)C(=O)[C@H](CC(C)C)NC(=O)[C@H](CCc2ccc(C(F)(F)F)c(Cl)c2)NC(=O)[C@@H](C)N(C)C(=O)[C@H](Cc2ccc(C)cc2)N(C)C(=O)[C@@H]2CCN2C(=O)CN(C)C1=O. The van der Waals surface area contributed by atoms with Gasteiger partial charge in [0.2, 0.25) is 65.0 Å². The van der Waals surface area contributed by atoms with Crippen LogP contribution in [0.25, 0.3) is 0 Å². The van der Waals surface area contributed by atoms with E-state index < -0.39 is 154 Å². The quantitative estimate of drug-likeness (QED) is 0.180. The van der Waals surface area contributed by atoms with Gasteiger partial charge < -0.3 is 55.6 Å². The second-order valence-electron chi connectivity index (χ2n) is 27.6. The zero-order chi connectivity index (χ0) is 71.3. The van der Waals surface area contributed by atoms with Crippen molar-refractivity contribution in [1.82, 2.24) is 55.6 Å². The Morgan fingerprint density at radius 2 is 1.16 bits per heavy atom. The molecule has 0 spiro atoms.